The maximum atomic E-state index is 12.0. The average Bonchev–Trinajstić information content (AvgIpc) is 2.81. The summed E-state index contributed by atoms with van der Waals surface area (Å²) in [7, 11) is 1.90. The fourth-order valence-corrected chi connectivity index (χ4v) is 3.14. The van der Waals surface area contributed by atoms with Gasteiger partial charge in [-0.2, -0.15) is 4.37 Å². The van der Waals surface area contributed by atoms with Crippen molar-refractivity contribution in [3.8, 4) is 0 Å². The molecule has 0 saturated heterocycles. The molecule has 0 aliphatic heterocycles. The van der Waals surface area contributed by atoms with Crippen LogP contribution in [0.25, 0.3) is 0 Å². The number of benzene rings is 1. The Kier molecular flexibility index (Phi) is 5.19. The van der Waals surface area contributed by atoms with Crippen LogP contribution < -0.4 is 10.6 Å². The summed E-state index contributed by atoms with van der Waals surface area (Å²) in [6.45, 7) is 2.72. The van der Waals surface area contributed by atoms with Gasteiger partial charge in [0.25, 0.3) is 0 Å². The fourth-order valence-electron chi connectivity index (χ4n) is 1.93. The molecule has 1 aromatic heterocycles. The predicted molar refractivity (Wildman–Crippen MR) is 88.7 cm³/mol. The Balaban J connectivity index is 2.23. The summed E-state index contributed by atoms with van der Waals surface area (Å²) in [6.07, 6.45) is 0. The first-order valence-corrected chi connectivity index (χ1v) is 7.97. The summed E-state index contributed by atoms with van der Waals surface area (Å²) >= 11 is 4.65. The summed E-state index contributed by atoms with van der Waals surface area (Å²) in [6, 6.07) is 8.00. The van der Waals surface area contributed by atoms with E-state index in [4.69, 9.17) is 10.5 Å². The Bertz CT molecular complexity index is 645. The number of aromatic nitrogens is 1. The van der Waals surface area contributed by atoms with Crippen molar-refractivity contribution >= 4 is 44.3 Å². The van der Waals surface area contributed by atoms with Crippen LogP contribution in [0.15, 0.2) is 28.7 Å². The lowest BCUT2D eigenvalue weighted by Crippen LogP contribution is -2.19. The van der Waals surface area contributed by atoms with Gasteiger partial charge in [-0.25, -0.2) is 4.79 Å². The van der Waals surface area contributed by atoms with Crippen LogP contribution in [-0.4, -0.2) is 24.0 Å². The minimum absolute atomic E-state index is 0.217. The molecule has 0 aliphatic carbocycles. The van der Waals surface area contributed by atoms with Gasteiger partial charge >= 0.3 is 5.97 Å². The van der Waals surface area contributed by atoms with Crippen molar-refractivity contribution in [3.05, 3.63) is 39.9 Å². The molecular formula is C14H16BrN3O2S. The van der Waals surface area contributed by atoms with Crippen LogP contribution in [0.1, 0.15) is 22.8 Å². The molecule has 0 spiro atoms. The molecule has 0 fully saturated rings. The van der Waals surface area contributed by atoms with Gasteiger partial charge in [-0.3, -0.25) is 0 Å². The highest BCUT2D eigenvalue weighted by Crippen LogP contribution is 2.31. The van der Waals surface area contributed by atoms with E-state index in [2.05, 4.69) is 20.3 Å². The lowest BCUT2D eigenvalue weighted by molar-refractivity contribution is 0.0528. The van der Waals surface area contributed by atoms with E-state index in [1.54, 1.807) is 6.92 Å². The number of rotatable bonds is 5. The number of hydrogen-bond acceptors (Lipinski definition) is 6. The van der Waals surface area contributed by atoms with Crippen molar-refractivity contribution in [2.75, 3.05) is 24.3 Å². The number of esters is 1. The molecule has 21 heavy (non-hydrogen) atoms. The number of ether oxygens (including phenoxy) is 1. The van der Waals surface area contributed by atoms with Gasteiger partial charge in [0.1, 0.15) is 10.6 Å². The van der Waals surface area contributed by atoms with E-state index in [0.717, 1.165) is 10.0 Å². The molecular weight excluding hydrogens is 354 g/mol. The number of halogens is 1. The monoisotopic (exact) mass is 369 g/mol. The van der Waals surface area contributed by atoms with Crippen LogP contribution >= 0.6 is 27.5 Å². The number of anilines is 2. The summed E-state index contributed by atoms with van der Waals surface area (Å²) in [4.78, 5) is 13.9. The highest BCUT2D eigenvalue weighted by Gasteiger charge is 2.23. The molecule has 0 radical (unpaired) electrons. The first-order chi connectivity index (χ1) is 10.0. The first kappa shape index (κ1) is 15.8. The number of nitrogen functional groups attached to an aromatic ring is 1. The highest BCUT2D eigenvalue weighted by atomic mass is 79.9. The Hall–Kier alpha value is -1.60. The van der Waals surface area contributed by atoms with E-state index in [1.807, 2.05) is 36.2 Å². The van der Waals surface area contributed by atoms with Crippen molar-refractivity contribution in [2.45, 2.75) is 13.5 Å². The van der Waals surface area contributed by atoms with Crippen LogP contribution in [0, 0.1) is 0 Å². The van der Waals surface area contributed by atoms with Crippen molar-refractivity contribution in [3.63, 3.8) is 0 Å². The van der Waals surface area contributed by atoms with Crippen molar-refractivity contribution in [1.29, 1.82) is 0 Å². The summed E-state index contributed by atoms with van der Waals surface area (Å²) in [5, 5.41) is 0.714. The van der Waals surface area contributed by atoms with E-state index >= 15 is 0 Å². The number of hydrogen-bond donors (Lipinski definition) is 1. The van der Waals surface area contributed by atoms with Crippen molar-refractivity contribution in [1.82, 2.24) is 4.37 Å². The molecule has 5 nitrogen and oxygen atoms in total. The van der Waals surface area contributed by atoms with Gasteiger partial charge in [0.05, 0.1) is 6.61 Å². The number of carbonyl (C=O) groups is 1. The Morgan fingerprint density at radius 3 is 2.95 bits per heavy atom. The molecule has 2 rings (SSSR count). The molecule has 2 N–H and O–H groups in total. The van der Waals surface area contributed by atoms with Gasteiger partial charge in [0.15, 0.2) is 5.82 Å². The number of carbonyl (C=O) groups excluding carboxylic acids is 1. The molecule has 0 aliphatic rings. The van der Waals surface area contributed by atoms with Gasteiger partial charge in [-0.15, -0.1) is 0 Å². The highest BCUT2D eigenvalue weighted by molar-refractivity contribution is 9.10. The van der Waals surface area contributed by atoms with Crippen LogP contribution in [0.5, 0.6) is 0 Å². The van der Waals surface area contributed by atoms with Gasteiger partial charge in [0, 0.05) is 18.1 Å². The summed E-state index contributed by atoms with van der Waals surface area (Å²) in [5.74, 6) is -0.214. The molecule has 0 amide bonds. The smallest absolute Gasteiger partial charge is 0.345 e. The molecule has 0 atom stereocenters. The Labute approximate surface area is 136 Å². The second-order valence-electron chi connectivity index (χ2n) is 4.45. The molecule has 112 valence electrons. The lowest BCUT2D eigenvalue weighted by Gasteiger charge is -2.18. The van der Waals surface area contributed by atoms with E-state index in [-0.39, 0.29) is 5.82 Å². The lowest BCUT2D eigenvalue weighted by atomic mass is 10.2. The van der Waals surface area contributed by atoms with Gasteiger partial charge in [-0.1, -0.05) is 28.1 Å². The van der Waals surface area contributed by atoms with Gasteiger partial charge in [0.2, 0.25) is 0 Å². The Morgan fingerprint density at radius 1 is 1.52 bits per heavy atom. The third-order valence-corrected chi connectivity index (χ3v) is 4.31. The minimum atomic E-state index is -0.431. The topological polar surface area (TPSA) is 68.5 Å². The maximum absolute atomic E-state index is 12.0. The van der Waals surface area contributed by atoms with Gasteiger partial charge < -0.3 is 15.4 Å². The van der Waals surface area contributed by atoms with Crippen LogP contribution in [0.3, 0.4) is 0 Å². The quantitative estimate of drug-likeness (QED) is 0.818. The van der Waals surface area contributed by atoms with Crippen molar-refractivity contribution in [2.24, 2.45) is 0 Å². The van der Waals surface area contributed by atoms with Gasteiger partial charge in [-0.05, 0) is 36.2 Å². The van der Waals surface area contributed by atoms with E-state index in [9.17, 15) is 4.79 Å². The first-order valence-electron chi connectivity index (χ1n) is 6.40. The zero-order valence-corrected chi connectivity index (χ0v) is 14.2. The normalized spacial score (nSPS) is 10.4. The summed E-state index contributed by atoms with van der Waals surface area (Å²) < 4.78 is 10.1. The SMILES string of the molecule is CCOC(=O)c1c(N)nsc1N(C)Cc1cccc(Br)c1. The predicted octanol–water partition coefficient (Wildman–Crippen LogP) is 3.30. The van der Waals surface area contributed by atoms with Crippen LogP contribution in [0.4, 0.5) is 10.8 Å². The zero-order valence-electron chi connectivity index (χ0n) is 11.8. The standard InChI is InChI=1S/C14H16BrN3O2S/c1-3-20-14(19)11-12(16)17-21-13(11)18(2)8-9-5-4-6-10(15)7-9/h4-7H,3,8H2,1-2H3,(H2,16,17). The second kappa shape index (κ2) is 6.91. The van der Waals surface area contributed by atoms with Crippen LogP contribution in [-0.2, 0) is 11.3 Å². The van der Waals surface area contributed by atoms with Crippen LogP contribution in [0.2, 0.25) is 0 Å². The molecule has 1 heterocycles. The Morgan fingerprint density at radius 2 is 2.29 bits per heavy atom. The zero-order chi connectivity index (χ0) is 15.4. The van der Waals surface area contributed by atoms with E-state index < -0.39 is 5.97 Å². The fraction of sp³-hybridized carbons (Fsp3) is 0.286. The molecule has 1 aromatic carbocycles. The third-order valence-electron chi connectivity index (χ3n) is 2.84. The summed E-state index contributed by atoms with van der Waals surface area (Å²) in [5.41, 5.74) is 7.26. The number of nitrogens with zero attached hydrogens (tertiary/aromatic N) is 2. The van der Waals surface area contributed by atoms with E-state index in [1.165, 1.54) is 11.5 Å². The van der Waals surface area contributed by atoms with Crippen molar-refractivity contribution < 1.29 is 9.53 Å². The largest absolute Gasteiger partial charge is 0.462 e. The molecule has 2 aromatic rings. The molecule has 0 saturated carbocycles. The average molecular weight is 370 g/mol. The molecule has 0 bridgehead atoms. The second-order valence-corrected chi connectivity index (χ2v) is 6.12. The maximum Gasteiger partial charge on any atom is 0.345 e. The van der Waals surface area contributed by atoms with E-state index in [0.29, 0.717) is 23.7 Å². The number of nitrogens with two attached hydrogens (primary N) is 1. The minimum Gasteiger partial charge on any atom is -0.462 e. The molecule has 7 heteroatoms. The third kappa shape index (κ3) is 3.74. The molecule has 0 unspecified atom stereocenters.